The summed E-state index contributed by atoms with van der Waals surface area (Å²) in [4.78, 5) is 22.9. The van der Waals surface area contributed by atoms with E-state index in [9.17, 15) is 9.59 Å². The van der Waals surface area contributed by atoms with Crippen LogP contribution in [0.2, 0.25) is 0 Å². The number of nitrogens with one attached hydrogen (secondary N) is 3. The van der Waals surface area contributed by atoms with E-state index in [1.54, 1.807) is 7.05 Å². The van der Waals surface area contributed by atoms with Gasteiger partial charge >= 0.3 is 0 Å². The summed E-state index contributed by atoms with van der Waals surface area (Å²) >= 11 is 0. The minimum atomic E-state index is -0.270. The van der Waals surface area contributed by atoms with Crippen molar-refractivity contribution in [2.24, 2.45) is 5.41 Å². The highest BCUT2D eigenvalue weighted by atomic mass is 16.2. The molecule has 5 nitrogen and oxygen atoms in total. The Bertz CT molecular complexity index is 260. The molecule has 5 heteroatoms. The predicted octanol–water partition coefficient (Wildman–Crippen LogP) is -0.372. The summed E-state index contributed by atoms with van der Waals surface area (Å²) in [6.07, 6.45) is 2.06. The fraction of sp³-hybridized carbons (Fsp3) is 0.818. The van der Waals surface area contributed by atoms with Crippen molar-refractivity contribution < 1.29 is 9.59 Å². The fourth-order valence-corrected chi connectivity index (χ4v) is 1.83. The van der Waals surface area contributed by atoms with Gasteiger partial charge in [0.25, 0.3) is 0 Å². The van der Waals surface area contributed by atoms with E-state index in [2.05, 4.69) is 16.0 Å². The molecule has 92 valence electrons. The maximum Gasteiger partial charge on any atom is 0.226 e. The molecule has 0 spiro atoms. The van der Waals surface area contributed by atoms with Gasteiger partial charge in [-0.25, -0.2) is 0 Å². The first-order chi connectivity index (χ1) is 7.58. The van der Waals surface area contributed by atoms with Crippen molar-refractivity contribution in [2.45, 2.75) is 26.2 Å². The normalized spacial score (nSPS) is 18.9. The summed E-state index contributed by atoms with van der Waals surface area (Å²) in [7, 11) is 1.60. The zero-order valence-corrected chi connectivity index (χ0v) is 10.1. The lowest BCUT2D eigenvalue weighted by atomic mass is 9.80. The average molecular weight is 227 g/mol. The first-order valence-corrected chi connectivity index (χ1v) is 5.78. The molecule has 0 saturated carbocycles. The Morgan fingerprint density at radius 1 is 1.31 bits per heavy atom. The van der Waals surface area contributed by atoms with Gasteiger partial charge in [-0.3, -0.25) is 9.59 Å². The Labute approximate surface area is 96.4 Å². The van der Waals surface area contributed by atoms with Gasteiger partial charge in [-0.1, -0.05) is 6.92 Å². The summed E-state index contributed by atoms with van der Waals surface area (Å²) in [5.74, 6) is 0.0219. The van der Waals surface area contributed by atoms with Crippen LogP contribution in [0.5, 0.6) is 0 Å². The number of carbonyl (C=O) groups excluding carboxylic acids is 2. The van der Waals surface area contributed by atoms with E-state index < -0.39 is 0 Å². The van der Waals surface area contributed by atoms with E-state index in [0.29, 0.717) is 13.0 Å². The SMILES string of the molecule is CNC(=O)CCNC(=O)C1(C)CCNCC1. The lowest BCUT2D eigenvalue weighted by Gasteiger charge is -2.32. The van der Waals surface area contributed by atoms with Crippen LogP contribution in [-0.2, 0) is 9.59 Å². The Balaban J connectivity index is 2.31. The van der Waals surface area contributed by atoms with E-state index in [1.165, 1.54) is 0 Å². The molecule has 1 saturated heterocycles. The van der Waals surface area contributed by atoms with Crippen molar-refractivity contribution in [3.8, 4) is 0 Å². The van der Waals surface area contributed by atoms with Gasteiger partial charge in [-0.2, -0.15) is 0 Å². The lowest BCUT2D eigenvalue weighted by molar-refractivity contribution is -0.131. The highest BCUT2D eigenvalue weighted by Crippen LogP contribution is 2.27. The zero-order chi connectivity index (χ0) is 12.0. The third kappa shape index (κ3) is 3.48. The molecule has 1 fully saturated rings. The van der Waals surface area contributed by atoms with Crippen LogP contribution in [-0.4, -0.2) is 38.5 Å². The van der Waals surface area contributed by atoms with Gasteiger partial charge in [-0.15, -0.1) is 0 Å². The third-order valence-corrected chi connectivity index (χ3v) is 3.17. The van der Waals surface area contributed by atoms with E-state index in [-0.39, 0.29) is 17.2 Å². The second-order valence-electron chi connectivity index (χ2n) is 4.49. The summed E-state index contributed by atoms with van der Waals surface area (Å²) in [5.41, 5.74) is -0.270. The largest absolute Gasteiger partial charge is 0.359 e. The van der Waals surface area contributed by atoms with Crippen LogP contribution < -0.4 is 16.0 Å². The molecule has 2 amide bonds. The van der Waals surface area contributed by atoms with Gasteiger partial charge in [-0.05, 0) is 25.9 Å². The molecule has 0 radical (unpaired) electrons. The van der Waals surface area contributed by atoms with Gasteiger partial charge in [0.05, 0.1) is 0 Å². The van der Waals surface area contributed by atoms with Gasteiger partial charge < -0.3 is 16.0 Å². The molecule has 3 N–H and O–H groups in total. The molecule has 0 aromatic carbocycles. The van der Waals surface area contributed by atoms with Crippen molar-refractivity contribution in [2.75, 3.05) is 26.7 Å². The van der Waals surface area contributed by atoms with Crippen LogP contribution in [0.1, 0.15) is 26.2 Å². The molecule has 0 atom stereocenters. The van der Waals surface area contributed by atoms with E-state index >= 15 is 0 Å². The Hall–Kier alpha value is -1.10. The first kappa shape index (κ1) is 13.0. The molecule has 1 aliphatic rings. The first-order valence-electron chi connectivity index (χ1n) is 5.78. The molecule has 0 bridgehead atoms. The summed E-state index contributed by atoms with van der Waals surface area (Å²) < 4.78 is 0. The smallest absolute Gasteiger partial charge is 0.226 e. The van der Waals surface area contributed by atoms with Crippen LogP contribution in [0.4, 0.5) is 0 Å². The minimum absolute atomic E-state index is 0.0456. The average Bonchev–Trinajstić information content (AvgIpc) is 2.29. The fourth-order valence-electron chi connectivity index (χ4n) is 1.83. The molecular weight excluding hydrogens is 206 g/mol. The van der Waals surface area contributed by atoms with Crippen LogP contribution in [0.15, 0.2) is 0 Å². The predicted molar refractivity (Wildman–Crippen MR) is 61.9 cm³/mol. The monoisotopic (exact) mass is 227 g/mol. The molecule has 0 aliphatic carbocycles. The Morgan fingerprint density at radius 3 is 2.50 bits per heavy atom. The van der Waals surface area contributed by atoms with Crippen LogP contribution in [0, 0.1) is 5.41 Å². The highest BCUT2D eigenvalue weighted by molar-refractivity contribution is 5.83. The van der Waals surface area contributed by atoms with Gasteiger partial charge in [0.1, 0.15) is 0 Å². The molecule has 1 aliphatic heterocycles. The van der Waals surface area contributed by atoms with Crippen LogP contribution >= 0.6 is 0 Å². The number of amides is 2. The van der Waals surface area contributed by atoms with Crippen LogP contribution in [0.3, 0.4) is 0 Å². The topological polar surface area (TPSA) is 70.2 Å². The summed E-state index contributed by atoms with van der Waals surface area (Å²) in [6, 6.07) is 0. The molecule has 0 aromatic heterocycles. The molecule has 1 rings (SSSR count). The number of hydrogen-bond donors (Lipinski definition) is 3. The van der Waals surface area contributed by atoms with Gasteiger partial charge in [0, 0.05) is 25.4 Å². The third-order valence-electron chi connectivity index (χ3n) is 3.17. The number of piperidine rings is 1. The highest BCUT2D eigenvalue weighted by Gasteiger charge is 2.34. The van der Waals surface area contributed by atoms with E-state index in [4.69, 9.17) is 0 Å². The number of carbonyl (C=O) groups is 2. The number of rotatable bonds is 4. The van der Waals surface area contributed by atoms with Gasteiger partial charge in [0.15, 0.2) is 0 Å². The summed E-state index contributed by atoms with van der Waals surface area (Å²) in [6.45, 7) is 4.18. The molecule has 0 unspecified atom stereocenters. The van der Waals surface area contributed by atoms with Gasteiger partial charge in [0.2, 0.25) is 11.8 Å². The Morgan fingerprint density at radius 2 is 1.94 bits per heavy atom. The van der Waals surface area contributed by atoms with Crippen LogP contribution in [0.25, 0.3) is 0 Å². The quantitative estimate of drug-likeness (QED) is 0.613. The Kier molecular flexibility index (Phi) is 4.73. The molecule has 1 heterocycles. The zero-order valence-electron chi connectivity index (χ0n) is 10.1. The second-order valence-corrected chi connectivity index (χ2v) is 4.49. The molecular formula is C11H21N3O2. The van der Waals surface area contributed by atoms with Crippen molar-refractivity contribution in [3.05, 3.63) is 0 Å². The summed E-state index contributed by atoms with van der Waals surface area (Å²) in [5, 5.41) is 8.59. The molecule has 0 aromatic rings. The maximum absolute atomic E-state index is 11.9. The van der Waals surface area contributed by atoms with Crippen molar-refractivity contribution in [1.82, 2.24) is 16.0 Å². The second kappa shape index (κ2) is 5.84. The standard InChI is InChI=1S/C11H21N3O2/c1-11(4-7-13-8-5-11)10(16)14-6-3-9(15)12-2/h13H,3-8H2,1-2H3,(H,12,15)(H,14,16). The number of hydrogen-bond acceptors (Lipinski definition) is 3. The minimum Gasteiger partial charge on any atom is -0.359 e. The van der Waals surface area contributed by atoms with Crippen molar-refractivity contribution in [3.63, 3.8) is 0 Å². The van der Waals surface area contributed by atoms with E-state index in [1.807, 2.05) is 6.92 Å². The van der Waals surface area contributed by atoms with Crippen molar-refractivity contribution in [1.29, 1.82) is 0 Å². The molecule has 16 heavy (non-hydrogen) atoms. The van der Waals surface area contributed by atoms with E-state index in [0.717, 1.165) is 25.9 Å². The van der Waals surface area contributed by atoms with Crippen molar-refractivity contribution >= 4 is 11.8 Å². The maximum atomic E-state index is 11.9. The lowest BCUT2D eigenvalue weighted by Crippen LogP contribution is -2.46.